The average molecular weight is 312 g/mol. The van der Waals surface area contributed by atoms with Crippen molar-refractivity contribution in [2.24, 2.45) is 0 Å². The summed E-state index contributed by atoms with van der Waals surface area (Å²) in [6, 6.07) is 5.15. The molecule has 0 amide bonds. The number of hydrogen-bond acceptors (Lipinski definition) is 4. The molecule has 0 spiro atoms. The predicted molar refractivity (Wildman–Crippen MR) is 83.0 cm³/mol. The first-order chi connectivity index (χ1) is 10.0. The summed E-state index contributed by atoms with van der Waals surface area (Å²) in [5.74, 6) is 0.704. The lowest BCUT2D eigenvalue weighted by Gasteiger charge is -2.32. The van der Waals surface area contributed by atoms with Gasteiger partial charge in [-0.15, -0.1) is 0 Å². The lowest BCUT2D eigenvalue weighted by atomic mass is 10.1. The second kappa shape index (κ2) is 6.77. The van der Waals surface area contributed by atoms with Crippen LogP contribution >= 0.6 is 0 Å². The third-order valence-corrected chi connectivity index (χ3v) is 5.98. The van der Waals surface area contributed by atoms with Gasteiger partial charge in [-0.25, -0.2) is 8.42 Å². The first-order valence-electron chi connectivity index (χ1n) is 7.34. The van der Waals surface area contributed by atoms with Crippen molar-refractivity contribution in [1.82, 2.24) is 9.62 Å². The Morgan fingerprint density at radius 1 is 1.38 bits per heavy atom. The molecule has 2 rings (SSSR count). The highest BCUT2D eigenvalue weighted by molar-refractivity contribution is 7.89. The topological polar surface area (TPSA) is 58.6 Å². The van der Waals surface area contributed by atoms with E-state index in [1.165, 1.54) is 0 Å². The molecule has 1 N–H and O–H groups in total. The molecule has 0 aliphatic carbocycles. The van der Waals surface area contributed by atoms with E-state index in [9.17, 15) is 8.42 Å². The van der Waals surface area contributed by atoms with Crippen LogP contribution in [0, 0.1) is 0 Å². The minimum Gasteiger partial charge on any atom is -0.496 e. The summed E-state index contributed by atoms with van der Waals surface area (Å²) in [5.41, 5.74) is 0.853. The third kappa shape index (κ3) is 3.39. The van der Waals surface area contributed by atoms with Crippen LogP contribution < -0.4 is 10.1 Å². The van der Waals surface area contributed by atoms with E-state index in [0.29, 0.717) is 23.7 Å². The third-order valence-electron chi connectivity index (χ3n) is 3.97. The second-order valence-electron chi connectivity index (χ2n) is 5.46. The van der Waals surface area contributed by atoms with E-state index in [1.54, 1.807) is 29.6 Å². The van der Waals surface area contributed by atoms with Crippen LogP contribution in [0.4, 0.5) is 0 Å². The molecule has 1 unspecified atom stereocenters. The van der Waals surface area contributed by atoms with Gasteiger partial charge >= 0.3 is 0 Å². The van der Waals surface area contributed by atoms with Crippen molar-refractivity contribution in [1.29, 1.82) is 0 Å². The van der Waals surface area contributed by atoms with E-state index in [1.807, 2.05) is 14.0 Å². The molecule has 21 heavy (non-hydrogen) atoms. The molecule has 1 aliphatic rings. The molecular weight excluding hydrogens is 288 g/mol. The Labute approximate surface area is 127 Å². The first kappa shape index (κ1) is 16.3. The van der Waals surface area contributed by atoms with E-state index in [2.05, 4.69) is 5.32 Å². The predicted octanol–water partition coefficient (Wildman–Crippen LogP) is 1.98. The number of sulfonamides is 1. The van der Waals surface area contributed by atoms with Gasteiger partial charge in [-0.2, -0.15) is 4.31 Å². The first-order valence-corrected chi connectivity index (χ1v) is 8.78. The van der Waals surface area contributed by atoms with Gasteiger partial charge in [-0.05, 0) is 45.0 Å². The SMILES string of the molecule is CNCc1cc(S(=O)(=O)N2CCCCC2C)ccc1OC. The fourth-order valence-electron chi connectivity index (χ4n) is 2.81. The zero-order valence-electron chi connectivity index (χ0n) is 12.9. The molecule has 118 valence electrons. The van der Waals surface area contributed by atoms with Crippen molar-refractivity contribution in [3.05, 3.63) is 23.8 Å². The summed E-state index contributed by atoms with van der Waals surface area (Å²) < 4.78 is 32.5. The Bertz CT molecular complexity index is 587. The number of ether oxygens (including phenoxy) is 1. The molecule has 1 atom stereocenters. The molecule has 0 saturated carbocycles. The molecule has 0 radical (unpaired) electrons. The Morgan fingerprint density at radius 2 is 2.14 bits per heavy atom. The molecule has 1 aromatic carbocycles. The van der Waals surface area contributed by atoms with Gasteiger partial charge in [-0.1, -0.05) is 6.42 Å². The van der Waals surface area contributed by atoms with Gasteiger partial charge in [-0.3, -0.25) is 0 Å². The average Bonchev–Trinajstić information content (AvgIpc) is 2.47. The molecule has 1 heterocycles. The van der Waals surface area contributed by atoms with Crippen molar-refractivity contribution >= 4 is 10.0 Å². The Morgan fingerprint density at radius 3 is 2.76 bits per heavy atom. The summed E-state index contributed by atoms with van der Waals surface area (Å²) in [5, 5.41) is 3.04. The minimum absolute atomic E-state index is 0.0681. The molecule has 0 bridgehead atoms. The summed E-state index contributed by atoms with van der Waals surface area (Å²) in [4.78, 5) is 0.349. The molecule has 1 aromatic rings. The van der Waals surface area contributed by atoms with Crippen molar-refractivity contribution < 1.29 is 13.2 Å². The van der Waals surface area contributed by atoms with Crippen LogP contribution in [0.3, 0.4) is 0 Å². The monoisotopic (exact) mass is 312 g/mol. The smallest absolute Gasteiger partial charge is 0.243 e. The minimum atomic E-state index is -3.43. The summed E-state index contributed by atoms with van der Waals surface area (Å²) in [7, 11) is -0.00767. The van der Waals surface area contributed by atoms with Gasteiger partial charge in [0.25, 0.3) is 0 Å². The van der Waals surface area contributed by atoms with Crippen LogP contribution in [-0.4, -0.2) is 39.5 Å². The maximum Gasteiger partial charge on any atom is 0.243 e. The number of hydrogen-bond donors (Lipinski definition) is 1. The van der Waals surface area contributed by atoms with Crippen LogP contribution in [0.2, 0.25) is 0 Å². The molecule has 6 heteroatoms. The molecule has 1 fully saturated rings. The summed E-state index contributed by atoms with van der Waals surface area (Å²) in [6.45, 7) is 3.16. The maximum absolute atomic E-state index is 12.8. The molecule has 1 saturated heterocycles. The van der Waals surface area contributed by atoms with Crippen LogP contribution in [0.15, 0.2) is 23.1 Å². The van der Waals surface area contributed by atoms with E-state index < -0.39 is 10.0 Å². The normalized spacial score (nSPS) is 20.4. The molecular formula is C15H24N2O3S. The van der Waals surface area contributed by atoms with E-state index in [0.717, 1.165) is 24.8 Å². The largest absolute Gasteiger partial charge is 0.496 e. The number of benzene rings is 1. The van der Waals surface area contributed by atoms with Crippen LogP contribution in [0.1, 0.15) is 31.7 Å². The Balaban J connectivity index is 2.37. The highest BCUT2D eigenvalue weighted by atomic mass is 32.2. The van der Waals surface area contributed by atoms with Crippen molar-refractivity contribution in [3.8, 4) is 5.75 Å². The number of rotatable bonds is 5. The molecule has 1 aliphatic heterocycles. The summed E-state index contributed by atoms with van der Waals surface area (Å²) >= 11 is 0. The van der Waals surface area contributed by atoms with E-state index >= 15 is 0 Å². The van der Waals surface area contributed by atoms with Crippen molar-refractivity contribution in [2.45, 2.75) is 43.7 Å². The van der Waals surface area contributed by atoms with E-state index in [-0.39, 0.29) is 6.04 Å². The standard InChI is InChI=1S/C15H24N2O3S/c1-12-6-4-5-9-17(12)21(18,19)14-7-8-15(20-3)13(10-14)11-16-2/h7-8,10,12,16H,4-6,9,11H2,1-3H3. The van der Waals surface area contributed by atoms with Crippen LogP contribution in [0.25, 0.3) is 0 Å². The van der Waals surface area contributed by atoms with Gasteiger partial charge in [0, 0.05) is 24.7 Å². The number of piperidine rings is 1. The lowest BCUT2D eigenvalue weighted by molar-refractivity contribution is 0.268. The fourth-order valence-corrected chi connectivity index (χ4v) is 4.56. The Kier molecular flexibility index (Phi) is 5.24. The zero-order valence-corrected chi connectivity index (χ0v) is 13.7. The van der Waals surface area contributed by atoms with E-state index in [4.69, 9.17) is 4.74 Å². The lowest BCUT2D eigenvalue weighted by Crippen LogP contribution is -2.41. The van der Waals surface area contributed by atoms with Gasteiger partial charge in [0.15, 0.2) is 0 Å². The summed E-state index contributed by atoms with van der Waals surface area (Å²) in [6.07, 6.45) is 2.96. The van der Waals surface area contributed by atoms with Gasteiger partial charge < -0.3 is 10.1 Å². The highest BCUT2D eigenvalue weighted by Crippen LogP contribution is 2.28. The van der Waals surface area contributed by atoms with Gasteiger partial charge in [0.2, 0.25) is 10.0 Å². The second-order valence-corrected chi connectivity index (χ2v) is 7.36. The quantitative estimate of drug-likeness (QED) is 0.903. The van der Waals surface area contributed by atoms with Crippen LogP contribution in [-0.2, 0) is 16.6 Å². The van der Waals surface area contributed by atoms with Crippen LogP contribution in [0.5, 0.6) is 5.75 Å². The molecule has 5 nitrogen and oxygen atoms in total. The zero-order chi connectivity index (χ0) is 15.5. The maximum atomic E-state index is 12.8. The van der Waals surface area contributed by atoms with Crippen molar-refractivity contribution in [3.63, 3.8) is 0 Å². The highest BCUT2D eigenvalue weighted by Gasteiger charge is 2.31. The fraction of sp³-hybridized carbons (Fsp3) is 0.600. The Hall–Kier alpha value is -1.11. The number of nitrogens with zero attached hydrogens (tertiary/aromatic N) is 1. The van der Waals surface area contributed by atoms with Crippen molar-refractivity contribution in [2.75, 3.05) is 20.7 Å². The number of nitrogens with one attached hydrogen (secondary N) is 1. The van der Waals surface area contributed by atoms with Gasteiger partial charge in [0.05, 0.1) is 12.0 Å². The number of methoxy groups -OCH3 is 1. The molecule has 0 aromatic heterocycles. The van der Waals surface area contributed by atoms with Gasteiger partial charge in [0.1, 0.15) is 5.75 Å².